The lowest BCUT2D eigenvalue weighted by Gasteiger charge is -2.33. The van der Waals surface area contributed by atoms with Gasteiger partial charge in [-0.15, -0.1) is 0 Å². The number of hydrogen-bond donors (Lipinski definition) is 2. The van der Waals surface area contributed by atoms with Crippen molar-refractivity contribution in [3.8, 4) is 0 Å². The van der Waals surface area contributed by atoms with Crippen molar-refractivity contribution in [2.45, 2.75) is 38.0 Å². The molecule has 37 heavy (non-hydrogen) atoms. The van der Waals surface area contributed by atoms with Crippen LogP contribution < -0.4 is 20.4 Å². The predicted molar refractivity (Wildman–Crippen MR) is 148 cm³/mol. The Hall–Kier alpha value is -3.81. The molecule has 192 valence electrons. The van der Waals surface area contributed by atoms with Gasteiger partial charge in [0.15, 0.2) is 0 Å². The molecule has 3 saturated heterocycles. The number of amides is 4. The highest BCUT2D eigenvalue weighted by Gasteiger charge is 2.26. The van der Waals surface area contributed by atoms with Crippen molar-refractivity contribution >= 4 is 40.0 Å². The van der Waals surface area contributed by atoms with Gasteiger partial charge >= 0.3 is 12.1 Å². The number of aromatic nitrogens is 1. The quantitative estimate of drug-likeness (QED) is 0.520. The number of nitrogens with zero attached hydrogens (tertiary/aromatic N) is 4. The molecule has 6 rings (SSSR count). The van der Waals surface area contributed by atoms with Crippen LogP contribution in [-0.4, -0.2) is 61.2 Å². The number of carbonyl (C=O) groups excluding carboxylic acids is 2. The molecule has 0 aliphatic carbocycles. The molecule has 2 N–H and O–H groups in total. The second-order valence-electron chi connectivity index (χ2n) is 10.3. The first-order chi connectivity index (χ1) is 18.2. The van der Waals surface area contributed by atoms with E-state index in [0.717, 1.165) is 61.3 Å². The molecule has 3 fully saturated rings. The molecule has 4 heterocycles. The Balaban J connectivity index is 1.08. The molecule has 3 aromatic rings. The molecule has 4 amide bonds. The molecule has 3 aliphatic heterocycles. The minimum absolute atomic E-state index is 0.0303. The third-order valence-electron chi connectivity index (χ3n) is 7.99. The maximum Gasteiger partial charge on any atom is 0.321 e. The minimum atomic E-state index is -0.0564. The number of fused-ring (bicyclic) bond motifs is 1. The summed E-state index contributed by atoms with van der Waals surface area (Å²) in [5, 5.41) is 7.06. The highest BCUT2D eigenvalue weighted by Crippen LogP contribution is 2.34. The summed E-state index contributed by atoms with van der Waals surface area (Å²) >= 11 is 0. The van der Waals surface area contributed by atoms with Crippen molar-refractivity contribution in [3.05, 3.63) is 60.3 Å². The van der Waals surface area contributed by atoms with Gasteiger partial charge in [0.05, 0.1) is 5.52 Å². The fourth-order valence-corrected chi connectivity index (χ4v) is 5.90. The van der Waals surface area contributed by atoms with E-state index in [2.05, 4.69) is 44.8 Å². The van der Waals surface area contributed by atoms with Crippen LogP contribution in [0.5, 0.6) is 0 Å². The van der Waals surface area contributed by atoms with E-state index in [0.29, 0.717) is 19.0 Å². The van der Waals surface area contributed by atoms with E-state index in [1.54, 1.807) is 4.90 Å². The molecule has 1 aromatic heterocycles. The Bertz CT molecular complexity index is 1280. The number of hydrogen-bond acceptors (Lipinski definition) is 4. The van der Waals surface area contributed by atoms with Crippen LogP contribution in [-0.2, 0) is 0 Å². The van der Waals surface area contributed by atoms with Crippen molar-refractivity contribution in [2.75, 3.05) is 54.4 Å². The van der Waals surface area contributed by atoms with Crippen LogP contribution in [0.3, 0.4) is 0 Å². The zero-order valence-corrected chi connectivity index (χ0v) is 21.2. The fraction of sp³-hybridized carbons (Fsp3) is 0.414. The first-order valence-electron chi connectivity index (χ1n) is 13.5. The van der Waals surface area contributed by atoms with Crippen LogP contribution in [0.1, 0.15) is 43.6 Å². The van der Waals surface area contributed by atoms with E-state index < -0.39 is 0 Å². The van der Waals surface area contributed by atoms with Gasteiger partial charge in [0.2, 0.25) is 0 Å². The van der Waals surface area contributed by atoms with Crippen LogP contribution in [0.25, 0.3) is 10.9 Å². The summed E-state index contributed by atoms with van der Waals surface area (Å²) in [4.78, 5) is 35.7. The van der Waals surface area contributed by atoms with Crippen LogP contribution in [0.4, 0.5) is 26.7 Å². The van der Waals surface area contributed by atoms with Gasteiger partial charge < -0.3 is 20.4 Å². The number of anilines is 3. The molecule has 0 spiro atoms. The Morgan fingerprint density at radius 2 is 1.65 bits per heavy atom. The average Bonchev–Trinajstić information content (AvgIpc) is 3.39. The molecule has 3 aliphatic rings. The molecule has 0 bridgehead atoms. The lowest BCUT2D eigenvalue weighted by atomic mass is 9.87. The molecule has 0 atom stereocenters. The van der Waals surface area contributed by atoms with Gasteiger partial charge in [0.25, 0.3) is 0 Å². The number of pyridine rings is 1. The number of piperidine rings is 2. The summed E-state index contributed by atoms with van der Waals surface area (Å²) in [6.45, 7) is 5.01. The molecule has 2 aromatic carbocycles. The molecular weight excluding hydrogens is 464 g/mol. The molecule has 0 saturated carbocycles. The van der Waals surface area contributed by atoms with Crippen LogP contribution in [0.2, 0.25) is 0 Å². The summed E-state index contributed by atoms with van der Waals surface area (Å²) in [5.74, 6) is 0.374. The highest BCUT2D eigenvalue weighted by molar-refractivity contribution is 5.97. The van der Waals surface area contributed by atoms with Crippen molar-refractivity contribution in [1.82, 2.24) is 15.2 Å². The van der Waals surface area contributed by atoms with Gasteiger partial charge in [-0.3, -0.25) is 9.88 Å². The van der Waals surface area contributed by atoms with Crippen LogP contribution in [0.15, 0.2) is 54.7 Å². The first-order valence-corrected chi connectivity index (χ1v) is 13.5. The maximum atomic E-state index is 13.0. The van der Waals surface area contributed by atoms with E-state index in [-0.39, 0.29) is 12.1 Å². The van der Waals surface area contributed by atoms with E-state index in [4.69, 9.17) is 0 Å². The largest absolute Gasteiger partial charge is 0.372 e. The Morgan fingerprint density at radius 1 is 0.892 bits per heavy atom. The van der Waals surface area contributed by atoms with Crippen molar-refractivity contribution < 1.29 is 9.59 Å². The van der Waals surface area contributed by atoms with Gasteiger partial charge in [0, 0.05) is 67.9 Å². The van der Waals surface area contributed by atoms with E-state index in [1.165, 1.54) is 30.5 Å². The Labute approximate surface area is 217 Å². The average molecular weight is 499 g/mol. The number of urea groups is 2. The predicted octanol–water partition coefficient (Wildman–Crippen LogP) is 5.17. The van der Waals surface area contributed by atoms with Gasteiger partial charge in [-0.2, -0.15) is 0 Å². The summed E-state index contributed by atoms with van der Waals surface area (Å²) in [6, 6.07) is 16.4. The monoisotopic (exact) mass is 498 g/mol. The summed E-state index contributed by atoms with van der Waals surface area (Å²) < 4.78 is 0. The van der Waals surface area contributed by atoms with Crippen molar-refractivity contribution in [2.24, 2.45) is 0 Å². The van der Waals surface area contributed by atoms with Crippen molar-refractivity contribution in [3.63, 3.8) is 0 Å². The molecule has 0 radical (unpaired) electrons. The molecule has 0 unspecified atom stereocenters. The highest BCUT2D eigenvalue weighted by atomic mass is 16.2. The van der Waals surface area contributed by atoms with E-state index in [1.807, 2.05) is 35.4 Å². The minimum Gasteiger partial charge on any atom is -0.372 e. The Kier molecular flexibility index (Phi) is 6.55. The Morgan fingerprint density at radius 3 is 2.38 bits per heavy atom. The topological polar surface area (TPSA) is 80.8 Å². The number of nitrogens with one attached hydrogen (secondary N) is 2. The van der Waals surface area contributed by atoms with E-state index in [9.17, 15) is 9.59 Å². The van der Waals surface area contributed by atoms with Gasteiger partial charge in [-0.25, -0.2) is 9.59 Å². The SMILES string of the molecule is O=C(Nc1ccc(N2CCCCC2)cc1)N1CCC(c2ccnc3cc(N4CCNC4=O)ccc23)CC1. The third-order valence-corrected chi connectivity index (χ3v) is 7.99. The number of benzene rings is 2. The summed E-state index contributed by atoms with van der Waals surface area (Å²) in [5.41, 5.74) is 5.13. The standard InChI is InChI=1S/C29H34N6O2/c36-28-31-14-19-35(28)24-8-9-26-25(10-13-30-27(26)20-24)21-11-17-34(18-12-21)29(37)32-22-4-6-23(7-5-22)33-15-2-1-3-16-33/h4-10,13,20-21H,1-3,11-12,14-19H2,(H,31,36)(H,32,37). The fourth-order valence-electron chi connectivity index (χ4n) is 5.90. The summed E-state index contributed by atoms with van der Waals surface area (Å²) in [7, 11) is 0. The first kappa shape index (κ1) is 23.6. The number of likely N-dealkylation sites (tertiary alicyclic amines) is 1. The molecule has 8 nitrogen and oxygen atoms in total. The zero-order valence-electron chi connectivity index (χ0n) is 21.2. The maximum absolute atomic E-state index is 13.0. The third kappa shape index (κ3) is 4.92. The number of rotatable bonds is 4. The lowest BCUT2D eigenvalue weighted by Crippen LogP contribution is -2.40. The van der Waals surface area contributed by atoms with Gasteiger partial charge in [0.1, 0.15) is 0 Å². The lowest BCUT2D eigenvalue weighted by molar-refractivity contribution is 0.194. The zero-order chi connectivity index (χ0) is 25.2. The van der Waals surface area contributed by atoms with E-state index >= 15 is 0 Å². The summed E-state index contributed by atoms with van der Waals surface area (Å²) in [6.07, 6.45) is 7.51. The van der Waals surface area contributed by atoms with Gasteiger partial charge in [-0.05, 0) is 86.1 Å². The smallest absolute Gasteiger partial charge is 0.321 e. The van der Waals surface area contributed by atoms with Gasteiger partial charge in [-0.1, -0.05) is 6.07 Å². The molecular formula is C29H34N6O2. The second-order valence-corrected chi connectivity index (χ2v) is 10.3. The second kappa shape index (κ2) is 10.3. The van der Waals surface area contributed by atoms with Crippen LogP contribution in [0, 0.1) is 0 Å². The normalized spacial score (nSPS) is 18.8. The van der Waals surface area contributed by atoms with Crippen LogP contribution >= 0.6 is 0 Å². The molecule has 8 heteroatoms. The van der Waals surface area contributed by atoms with Crippen molar-refractivity contribution in [1.29, 1.82) is 0 Å². The number of carbonyl (C=O) groups is 2.